The lowest BCUT2D eigenvalue weighted by Crippen LogP contribution is -2.11. The fraction of sp³-hybridized carbons (Fsp3) is 0.238. The third-order valence-corrected chi connectivity index (χ3v) is 4.45. The molecule has 0 aliphatic heterocycles. The van der Waals surface area contributed by atoms with E-state index in [1.807, 2.05) is 6.92 Å². The van der Waals surface area contributed by atoms with Crippen molar-refractivity contribution in [3.05, 3.63) is 69.8 Å². The molecule has 2 N–H and O–H groups in total. The molecule has 0 aliphatic rings. The average molecular weight is 389 g/mol. The van der Waals surface area contributed by atoms with Crippen LogP contribution in [-0.2, 0) is 12.8 Å². The van der Waals surface area contributed by atoms with E-state index in [4.69, 9.17) is 16.3 Å². The van der Waals surface area contributed by atoms with Crippen LogP contribution in [-0.4, -0.2) is 29.1 Å². The third kappa shape index (κ3) is 4.89. The van der Waals surface area contributed by atoms with E-state index >= 15 is 0 Å². The lowest BCUT2D eigenvalue weighted by atomic mass is 9.93. The van der Waals surface area contributed by atoms with Gasteiger partial charge >= 0.3 is 5.97 Å². The molecule has 6 heteroatoms. The van der Waals surface area contributed by atoms with Gasteiger partial charge in [0.15, 0.2) is 5.78 Å². The number of halogens is 1. The number of aromatic carboxylic acids is 1. The zero-order chi connectivity index (χ0) is 20.1. The number of benzene rings is 2. The normalized spacial score (nSPS) is 10.5. The van der Waals surface area contributed by atoms with Gasteiger partial charge in [-0.25, -0.2) is 4.79 Å². The SMILES string of the molecule is C=C(C)CCc1c(OC)cc(CC(=O)c2ccc(Cl)cc2)c(C(=O)O)c1O. The van der Waals surface area contributed by atoms with Gasteiger partial charge in [0.2, 0.25) is 0 Å². The monoisotopic (exact) mass is 388 g/mol. The molecule has 142 valence electrons. The number of methoxy groups -OCH3 is 1. The maximum absolute atomic E-state index is 12.5. The Balaban J connectivity index is 2.47. The van der Waals surface area contributed by atoms with E-state index in [1.54, 1.807) is 24.3 Å². The molecular weight excluding hydrogens is 368 g/mol. The van der Waals surface area contributed by atoms with Crippen LogP contribution in [0.5, 0.6) is 11.5 Å². The fourth-order valence-electron chi connectivity index (χ4n) is 2.79. The Kier molecular flexibility index (Phi) is 6.64. The van der Waals surface area contributed by atoms with Crippen molar-refractivity contribution in [1.82, 2.24) is 0 Å². The Labute approximate surface area is 162 Å². The van der Waals surface area contributed by atoms with Crippen LogP contribution in [0.3, 0.4) is 0 Å². The smallest absolute Gasteiger partial charge is 0.339 e. The molecule has 27 heavy (non-hydrogen) atoms. The standard InChI is InChI=1S/C21H21ClO5/c1-12(2)4-9-16-18(27-3)11-14(19(20(16)24)21(25)26)10-17(23)13-5-7-15(22)8-6-13/h5-8,11,24H,1,4,9-10H2,2-3H3,(H,25,26). The largest absolute Gasteiger partial charge is 0.507 e. The Morgan fingerprint density at radius 3 is 2.37 bits per heavy atom. The molecule has 0 heterocycles. The highest BCUT2D eigenvalue weighted by molar-refractivity contribution is 6.30. The van der Waals surface area contributed by atoms with Gasteiger partial charge in [0.25, 0.3) is 0 Å². The van der Waals surface area contributed by atoms with Crippen LogP contribution in [0.1, 0.15) is 45.2 Å². The highest BCUT2D eigenvalue weighted by Gasteiger charge is 2.24. The average Bonchev–Trinajstić information content (AvgIpc) is 2.60. The number of allylic oxidation sites excluding steroid dienone is 1. The number of aromatic hydroxyl groups is 1. The summed E-state index contributed by atoms with van der Waals surface area (Å²) in [6.45, 7) is 5.66. The minimum Gasteiger partial charge on any atom is -0.507 e. The first kappa shape index (κ1) is 20.5. The Hall–Kier alpha value is -2.79. The number of hydrogen-bond donors (Lipinski definition) is 2. The summed E-state index contributed by atoms with van der Waals surface area (Å²) in [5, 5.41) is 20.6. The van der Waals surface area contributed by atoms with Crippen molar-refractivity contribution in [2.75, 3.05) is 7.11 Å². The summed E-state index contributed by atoms with van der Waals surface area (Å²) >= 11 is 5.83. The van der Waals surface area contributed by atoms with Crippen molar-refractivity contribution in [3.8, 4) is 11.5 Å². The third-order valence-electron chi connectivity index (χ3n) is 4.20. The van der Waals surface area contributed by atoms with Gasteiger partial charge < -0.3 is 14.9 Å². The fourth-order valence-corrected chi connectivity index (χ4v) is 2.91. The van der Waals surface area contributed by atoms with E-state index in [1.165, 1.54) is 13.2 Å². The van der Waals surface area contributed by atoms with Gasteiger partial charge in [-0.1, -0.05) is 17.2 Å². The van der Waals surface area contributed by atoms with Crippen LogP contribution in [0.15, 0.2) is 42.5 Å². The van der Waals surface area contributed by atoms with Crippen molar-refractivity contribution < 1.29 is 24.5 Å². The molecule has 0 spiro atoms. The number of carboxylic acid groups (broad SMARTS) is 1. The number of carbonyl (C=O) groups is 2. The molecule has 0 atom stereocenters. The highest BCUT2D eigenvalue weighted by atomic mass is 35.5. The minimum atomic E-state index is -1.30. The van der Waals surface area contributed by atoms with Crippen LogP contribution >= 0.6 is 11.6 Å². The number of carbonyl (C=O) groups excluding carboxylic acids is 1. The molecular formula is C21H21ClO5. The van der Waals surface area contributed by atoms with Crippen LogP contribution < -0.4 is 4.74 Å². The second-order valence-electron chi connectivity index (χ2n) is 6.31. The molecule has 0 unspecified atom stereocenters. The number of phenols is 1. The van der Waals surface area contributed by atoms with E-state index in [-0.39, 0.29) is 29.1 Å². The molecule has 0 amide bonds. The maximum atomic E-state index is 12.5. The minimum absolute atomic E-state index is 0.187. The van der Waals surface area contributed by atoms with E-state index in [2.05, 4.69) is 6.58 Å². The van der Waals surface area contributed by atoms with Gasteiger partial charge in [0.05, 0.1) is 7.11 Å². The predicted octanol–water partition coefficient (Wildman–Crippen LogP) is 4.69. The first-order chi connectivity index (χ1) is 12.7. The molecule has 5 nitrogen and oxygen atoms in total. The molecule has 0 fully saturated rings. The van der Waals surface area contributed by atoms with Crippen molar-refractivity contribution in [3.63, 3.8) is 0 Å². The van der Waals surface area contributed by atoms with E-state index in [9.17, 15) is 19.8 Å². The quantitative estimate of drug-likeness (QED) is 0.506. The van der Waals surface area contributed by atoms with Crippen LogP contribution in [0.25, 0.3) is 0 Å². The molecule has 0 aliphatic carbocycles. The second kappa shape index (κ2) is 8.73. The summed E-state index contributed by atoms with van der Waals surface area (Å²) in [4.78, 5) is 24.3. The molecule has 2 aromatic rings. The summed E-state index contributed by atoms with van der Waals surface area (Å²) in [5.41, 5.74) is 1.60. The number of Topliss-reactive ketones (excluding diaryl/α,β-unsaturated/α-hetero) is 1. The summed E-state index contributed by atoms with van der Waals surface area (Å²) in [6, 6.07) is 7.83. The van der Waals surface area contributed by atoms with E-state index in [0.717, 1.165) is 5.57 Å². The summed E-state index contributed by atoms with van der Waals surface area (Å²) < 4.78 is 5.33. The Morgan fingerprint density at radius 2 is 1.85 bits per heavy atom. The molecule has 0 radical (unpaired) electrons. The summed E-state index contributed by atoms with van der Waals surface area (Å²) in [6.07, 6.45) is 0.774. The number of hydrogen-bond acceptors (Lipinski definition) is 4. The molecule has 2 aromatic carbocycles. The van der Waals surface area contributed by atoms with Crippen molar-refractivity contribution >= 4 is 23.4 Å². The van der Waals surface area contributed by atoms with Crippen molar-refractivity contribution in [2.24, 2.45) is 0 Å². The van der Waals surface area contributed by atoms with Crippen molar-refractivity contribution in [1.29, 1.82) is 0 Å². The summed E-state index contributed by atoms with van der Waals surface area (Å²) in [5.74, 6) is -1.62. The van der Waals surface area contributed by atoms with E-state index in [0.29, 0.717) is 34.7 Å². The van der Waals surface area contributed by atoms with E-state index < -0.39 is 5.97 Å². The van der Waals surface area contributed by atoms with Gasteiger partial charge in [0, 0.05) is 22.6 Å². The van der Waals surface area contributed by atoms with Gasteiger partial charge in [0.1, 0.15) is 17.1 Å². The second-order valence-corrected chi connectivity index (χ2v) is 6.75. The maximum Gasteiger partial charge on any atom is 0.339 e. The predicted molar refractivity (Wildman–Crippen MR) is 104 cm³/mol. The van der Waals surface area contributed by atoms with Crippen LogP contribution in [0, 0.1) is 0 Å². The van der Waals surface area contributed by atoms with Crippen LogP contribution in [0.2, 0.25) is 5.02 Å². The van der Waals surface area contributed by atoms with Gasteiger partial charge in [-0.2, -0.15) is 0 Å². The number of ketones is 1. The topological polar surface area (TPSA) is 83.8 Å². The van der Waals surface area contributed by atoms with Gasteiger partial charge in [-0.05, 0) is 55.7 Å². The van der Waals surface area contributed by atoms with Gasteiger partial charge in [-0.3, -0.25) is 4.79 Å². The number of rotatable bonds is 8. The molecule has 0 bridgehead atoms. The number of ether oxygens (including phenoxy) is 1. The first-order valence-electron chi connectivity index (χ1n) is 8.32. The van der Waals surface area contributed by atoms with Crippen molar-refractivity contribution in [2.45, 2.75) is 26.2 Å². The Bertz CT molecular complexity index is 884. The lowest BCUT2D eigenvalue weighted by molar-refractivity contribution is 0.0692. The summed E-state index contributed by atoms with van der Waals surface area (Å²) in [7, 11) is 1.43. The zero-order valence-electron chi connectivity index (χ0n) is 15.2. The van der Waals surface area contributed by atoms with Gasteiger partial charge in [-0.15, -0.1) is 6.58 Å². The molecule has 0 aromatic heterocycles. The zero-order valence-corrected chi connectivity index (χ0v) is 16.0. The van der Waals surface area contributed by atoms with Crippen LogP contribution in [0.4, 0.5) is 0 Å². The lowest BCUT2D eigenvalue weighted by Gasteiger charge is -2.16. The molecule has 2 rings (SSSR count). The molecule has 0 saturated heterocycles. The number of carboxylic acids is 1. The first-order valence-corrected chi connectivity index (χ1v) is 8.70. The highest BCUT2D eigenvalue weighted by Crippen LogP contribution is 2.36. The molecule has 0 saturated carbocycles. The Morgan fingerprint density at radius 1 is 1.22 bits per heavy atom.